The van der Waals surface area contributed by atoms with Crippen molar-refractivity contribution in [2.45, 2.75) is 26.4 Å². The second-order valence-electron chi connectivity index (χ2n) is 7.64. The molecule has 27 heavy (non-hydrogen) atoms. The number of thiazole rings is 1. The minimum atomic E-state index is -0.120. The Labute approximate surface area is 170 Å². The van der Waals surface area contributed by atoms with E-state index in [0.29, 0.717) is 16.7 Å². The number of hydrogen-bond acceptors (Lipinski definition) is 5. The first kappa shape index (κ1) is 20.1. The van der Waals surface area contributed by atoms with Gasteiger partial charge in [0.15, 0.2) is 10.3 Å². The summed E-state index contributed by atoms with van der Waals surface area (Å²) in [5, 5.41) is 4.23. The van der Waals surface area contributed by atoms with Gasteiger partial charge in [-0.25, -0.2) is 4.98 Å². The third kappa shape index (κ3) is 4.81. The number of benzene rings is 1. The molecule has 2 unspecified atom stereocenters. The number of piperidine rings is 1. The van der Waals surface area contributed by atoms with E-state index in [4.69, 9.17) is 11.6 Å². The van der Waals surface area contributed by atoms with Crippen molar-refractivity contribution in [3.8, 4) is 0 Å². The van der Waals surface area contributed by atoms with Crippen LogP contribution in [0.1, 0.15) is 29.1 Å². The van der Waals surface area contributed by atoms with Crippen molar-refractivity contribution in [1.82, 2.24) is 15.2 Å². The zero-order valence-electron chi connectivity index (χ0n) is 16.3. The number of nitrogens with zero attached hydrogens (tertiary/aromatic N) is 3. The predicted molar refractivity (Wildman–Crippen MR) is 113 cm³/mol. The van der Waals surface area contributed by atoms with Gasteiger partial charge in [-0.1, -0.05) is 67.1 Å². The molecule has 1 amide bonds. The molecule has 1 aliphatic heterocycles. The van der Waals surface area contributed by atoms with Crippen LogP contribution in [0.3, 0.4) is 0 Å². The molecule has 146 valence electrons. The number of rotatable bonds is 5. The molecule has 2 atom stereocenters. The van der Waals surface area contributed by atoms with Crippen LogP contribution in [0, 0.1) is 11.8 Å². The third-order valence-corrected chi connectivity index (χ3v) is 6.64. The van der Waals surface area contributed by atoms with E-state index in [0.717, 1.165) is 24.8 Å². The van der Waals surface area contributed by atoms with E-state index in [2.05, 4.69) is 53.3 Å². The fourth-order valence-corrected chi connectivity index (χ4v) is 4.89. The van der Waals surface area contributed by atoms with Crippen molar-refractivity contribution in [2.75, 3.05) is 32.1 Å². The summed E-state index contributed by atoms with van der Waals surface area (Å²) in [7, 11) is 3.78. The van der Waals surface area contributed by atoms with Gasteiger partial charge in [0.1, 0.15) is 4.88 Å². The molecule has 1 aromatic heterocycles. The molecule has 0 aliphatic carbocycles. The van der Waals surface area contributed by atoms with E-state index in [1.807, 2.05) is 25.1 Å². The Kier molecular flexibility index (Phi) is 6.40. The minimum Gasteiger partial charge on any atom is -0.354 e. The Morgan fingerprint density at radius 3 is 2.44 bits per heavy atom. The number of nitrogens with one attached hydrogen (secondary N) is 1. The summed E-state index contributed by atoms with van der Waals surface area (Å²) in [6, 6.07) is 10.7. The molecule has 0 radical (unpaired) electrons. The van der Waals surface area contributed by atoms with Crippen LogP contribution in [-0.2, 0) is 6.54 Å². The number of hydrogen-bond donors (Lipinski definition) is 1. The van der Waals surface area contributed by atoms with Gasteiger partial charge in [-0.3, -0.25) is 9.69 Å². The van der Waals surface area contributed by atoms with E-state index < -0.39 is 0 Å². The predicted octanol–water partition coefficient (Wildman–Crippen LogP) is 3.75. The smallest absolute Gasteiger partial charge is 0.264 e. The fraction of sp³-hybridized carbons (Fsp3) is 0.500. The highest BCUT2D eigenvalue weighted by Crippen LogP contribution is 2.30. The van der Waals surface area contributed by atoms with Gasteiger partial charge in [0.25, 0.3) is 5.91 Å². The molecule has 1 aliphatic rings. The molecule has 7 heteroatoms. The summed E-state index contributed by atoms with van der Waals surface area (Å²) in [5.41, 5.74) is 1.33. The molecule has 1 aromatic carbocycles. The molecular weight excluding hydrogens is 380 g/mol. The molecule has 1 fully saturated rings. The van der Waals surface area contributed by atoms with Gasteiger partial charge in [0, 0.05) is 39.8 Å². The number of likely N-dealkylation sites (tertiary alicyclic amines) is 1. The second-order valence-corrected chi connectivity index (χ2v) is 8.98. The largest absolute Gasteiger partial charge is 0.354 e. The van der Waals surface area contributed by atoms with E-state index >= 15 is 0 Å². The SMILES string of the molecule is CC1CN(Cc2ccccc2)CC(C)C1NC(=O)c1sc(N(C)C)nc1Cl. The molecule has 1 saturated heterocycles. The molecule has 0 saturated carbocycles. The van der Waals surface area contributed by atoms with Crippen molar-refractivity contribution in [2.24, 2.45) is 11.8 Å². The van der Waals surface area contributed by atoms with E-state index in [-0.39, 0.29) is 17.1 Å². The lowest BCUT2D eigenvalue weighted by Crippen LogP contribution is -2.54. The maximum atomic E-state index is 12.8. The number of carbonyl (C=O) groups is 1. The summed E-state index contributed by atoms with van der Waals surface area (Å²) >= 11 is 7.52. The van der Waals surface area contributed by atoms with Crippen molar-refractivity contribution in [1.29, 1.82) is 0 Å². The van der Waals surface area contributed by atoms with Crippen LogP contribution in [0.15, 0.2) is 30.3 Å². The fourth-order valence-electron chi connectivity index (χ4n) is 3.77. The average molecular weight is 407 g/mol. The van der Waals surface area contributed by atoms with Gasteiger partial charge in [-0.05, 0) is 17.4 Å². The molecule has 2 aromatic rings. The van der Waals surface area contributed by atoms with Crippen LogP contribution >= 0.6 is 22.9 Å². The second kappa shape index (κ2) is 8.59. The maximum Gasteiger partial charge on any atom is 0.264 e. The highest BCUT2D eigenvalue weighted by Gasteiger charge is 2.34. The Morgan fingerprint density at radius 2 is 1.89 bits per heavy atom. The monoisotopic (exact) mass is 406 g/mol. The highest BCUT2D eigenvalue weighted by molar-refractivity contribution is 7.18. The Morgan fingerprint density at radius 1 is 1.26 bits per heavy atom. The number of amides is 1. The first-order valence-corrected chi connectivity index (χ1v) is 10.5. The standard InChI is InChI=1S/C20H27ClN4OS/c1-13-10-25(12-15-8-6-5-7-9-15)11-14(2)16(13)22-19(26)17-18(21)23-20(27-17)24(3)4/h5-9,13-14,16H,10-12H2,1-4H3,(H,22,26). The summed E-state index contributed by atoms with van der Waals surface area (Å²) < 4.78 is 0. The van der Waals surface area contributed by atoms with Crippen molar-refractivity contribution >= 4 is 34.0 Å². The topological polar surface area (TPSA) is 48.5 Å². The van der Waals surface area contributed by atoms with E-state index in [1.54, 1.807) is 0 Å². The summed E-state index contributed by atoms with van der Waals surface area (Å²) in [4.78, 5) is 21.9. The van der Waals surface area contributed by atoms with Crippen molar-refractivity contribution in [3.63, 3.8) is 0 Å². The molecule has 1 N–H and O–H groups in total. The zero-order chi connectivity index (χ0) is 19.6. The van der Waals surface area contributed by atoms with Gasteiger partial charge < -0.3 is 10.2 Å². The van der Waals surface area contributed by atoms with Crippen LogP contribution in [0.4, 0.5) is 5.13 Å². The molecule has 0 bridgehead atoms. The van der Waals surface area contributed by atoms with Crippen LogP contribution in [-0.4, -0.2) is 49.0 Å². The molecular formula is C20H27ClN4OS. The van der Waals surface area contributed by atoms with Crippen LogP contribution in [0.25, 0.3) is 0 Å². The Balaban J connectivity index is 1.63. The zero-order valence-corrected chi connectivity index (χ0v) is 17.8. The van der Waals surface area contributed by atoms with Crippen molar-refractivity contribution < 1.29 is 4.79 Å². The first-order chi connectivity index (χ1) is 12.8. The summed E-state index contributed by atoms with van der Waals surface area (Å²) in [6.45, 7) is 7.28. The highest BCUT2D eigenvalue weighted by atomic mass is 35.5. The lowest BCUT2D eigenvalue weighted by Gasteiger charge is -2.41. The third-order valence-electron chi connectivity index (χ3n) is 5.03. The van der Waals surface area contributed by atoms with Crippen LogP contribution < -0.4 is 10.2 Å². The lowest BCUT2D eigenvalue weighted by molar-refractivity contribution is 0.0736. The summed E-state index contributed by atoms with van der Waals surface area (Å²) in [5.74, 6) is 0.605. The molecule has 5 nitrogen and oxygen atoms in total. The number of halogens is 1. The van der Waals surface area contributed by atoms with Gasteiger partial charge >= 0.3 is 0 Å². The number of carbonyl (C=O) groups excluding carboxylic acids is 1. The molecule has 2 heterocycles. The van der Waals surface area contributed by atoms with Gasteiger partial charge in [0.05, 0.1) is 0 Å². The Hall–Kier alpha value is -1.63. The summed E-state index contributed by atoms with van der Waals surface area (Å²) in [6.07, 6.45) is 0. The van der Waals surface area contributed by atoms with Crippen LogP contribution in [0.5, 0.6) is 0 Å². The van der Waals surface area contributed by atoms with Gasteiger partial charge in [0.2, 0.25) is 0 Å². The van der Waals surface area contributed by atoms with E-state index in [9.17, 15) is 4.79 Å². The first-order valence-electron chi connectivity index (χ1n) is 9.26. The van der Waals surface area contributed by atoms with Crippen molar-refractivity contribution in [3.05, 3.63) is 45.9 Å². The van der Waals surface area contributed by atoms with Gasteiger partial charge in [-0.15, -0.1) is 0 Å². The minimum absolute atomic E-state index is 0.120. The number of anilines is 1. The quantitative estimate of drug-likeness (QED) is 0.821. The molecule has 0 spiro atoms. The lowest BCUT2D eigenvalue weighted by atomic mass is 9.85. The average Bonchev–Trinajstić information content (AvgIpc) is 3.01. The normalized spacial score (nSPS) is 23.2. The number of aromatic nitrogens is 1. The Bertz CT molecular complexity index is 768. The molecule has 3 rings (SSSR count). The van der Waals surface area contributed by atoms with E-state index in [1.165, 1.54) is 16.9 Å². The maximum absolute atomic E-state index is 12.8. The van der Waals surface area contributed by atoms with Gasteiger partial charge in [-0.2, -0.15) is 0 Å². The van der Waals surface area contributed by atoms with Crippen LogP contribution in [0.2, 0.25) is 5.15 Å².